The van der Waals surface area contributed by atoms with Crippen molar-refractivity contribution >= 4 is 11.9 Å². The number of ether oxygens (including phenoxy) is 2. The molecule has 2 aromatic carbocycles. The first-order valence-electron chi connectivity index (χ1n) is 8.65. The van der Waals surface area contributed by atoms with Crippen LogP contribution in [-0.4, -0.2) is 22.7 Å². The molecule has 7 nitrogen and oxygen atoms in total. The number of anilines is 1. The third-order valence-corrected chi connectivity index (χ3v) is 4.14. The van der Waals surface area contributed by atoms with E-state index in [1.54, 1.807) is 12.1 Å². The summed E-state index contributed by atoms with van der Waals surface area (Å²) in [6.07, 6.45) is 1.52. The molecule has 142 valence electrons. The van der Waals surface area contributed by atoms with Gasteiger partial charge in [0.1, 0.15) is 11.5 Å². The number of halogens is 1. The molecular weight excluding hydrogens is 363 g/mol. The Morgan fingerprint density at radius 1 is 1.00 bits per heavy atom. The Morgan fingerprint density at radius 2 is 1.79 bits per heavy atom. The number of benzene rings is 2. The number of rotatable bonds is 6. The van der Waals surface area contributed by atoms with Crippen molar-refractivity contribution in [2.24, 2.45) is 0 Å². The molecule has 0 atom stereocenters. The van der Waals surface area contributed by atoms with E-state index in [0.717, 1.165) is 16.9 Å². The summed E-state index contributed by atoms with van der Waals surface area (Å²) in [7, 11) is 0. The molecule has 0 aliphatic carbocycles. The minimum absolute atomic E-state index is 0.227. The van der Waals surface area contributed by atoms with Crippen LogP contribution in [0.5, 0.6) is 11.5 Å². The molecule has 0 radical (unpaired) electrons. The fourth-order valence-corrected chi connectivity index (χ4v) is 2.68. The summed E-state index contributed by atoms with van der Waals surface area (Å²) in [6.45, 7) is 0.977. The first-order valence-corrected chi connectivity index (χ1v) is 8.65. The Bertz CT molecular complexity index is 995. The van der Waals surface area contributed by atoms with Crippen molar-refractivity contribution in [1.82, 2.24) is 15.3 Å². The fourth-order valence-electron chi connectivity index (χ4n) is 2.68. The van der Waals surface area contributed by atoms with E-state index < -0.39 is 0 Å². The van der Waals surface area contributed by atoms with E-state index in [9.17, 15) is 9.18 Å². The van der Waals surface area contributed by atoms with Crippen LogP contribution in [0.25, 0.3) is 0 Å². The lowest BCUT2D eigenvalue weighted by Gasteiger charge is -2.08. The van der Waals surface area contributed by atoms with Gasteiger partial charge in [-0.15, -0.1) is 0 Å². The van der Waals surface area contributed by atoms with Gasteiger partial charge in [-0.2, -0.15) is 0 Å². The topological polar surface area (TPSA) is 85.4 Å². The van der Waals surface area contributed by atoms with Gasteiger partial charge in [0.05, 0.1) is 0 Å². The largest absolute Gasteiger partial charge is 0.454 e. The van der Waals surface area contributed by atoms with Crippen molar-refractivity contribution in [3.05, 3.63) is 77.4 Å². The third-order valence-electron chi connectivity index (χ3n) is 4.14. The SMILES string of the molecule is O=C(NCc1ccc(F)cc1)c1ccnc(NCc2ccc3c(c2)OCO3)n1. The summed E-state index contributed by atoms with van der Waals surface area (Å²) < 4.78 is 23.6. The lowest BCUT2D eigenvalue weighted by atomic mass is 10.2. The van der Waals surface area contributed by atoms with E-state index in [2.05, 4.69) is 20.6 Å². The van der Waals surface area contributed by atoms with Crippen LogP contribution in [0.3, 0.4) is 0 Å². The third kappa shape index (κ3) is 4.17. The van der Waals surface area contributed by atoms with E-state index >= 15 is 0 Å². The standard InChI is InChI=1S/C20H17FN4O3/c21-15-4-1-13(2-5-15)10-23-19(26)16-7-8-22-20(25-16)24-11-14-3-6-17-18(9-14)28-12-27-17/h1-9H,10-12H2,(H,23,26)(H,22,24,25). The highest BCUT2D eigenvalue weighted by atomic mass is 19.1. The van der Waals surface area contributed by atoms with Crippen molar-refractivity contribution in [2.45, 2.75) is 13.1 Å². The van der Waals surface area contributed by atoms with Gasteiger partial charge in [0.15, 0.2) is 11.5 Å². The van der Waals surface area contributed by atoms with Crippen LogP contribution >= 0.6 is 0 Å². The van der Waals surface area contributed by atoms with Crippen molar-refractivity contribution in [1.29, 1.82) is 0 Å². The predicted molar refractivity (Wildman–Crippen MR) is 99.5 cm³/mol. The fraction of sp³-hybridized carbons (Fsp3) is 0.150. The highest BCUT2D eigenvalue weighted by Gasteiger charge is 2.13. The molecule has 0 saturated heterocycles. The minimum Gasteiger partial charge on any atom is -0.454 e. The summed E-state index contributed by atoms with van der Waals surface area (Å²) in [4.78, 5) is 20.7. The average Bonchev–Trinajstić information content (AvgIpc) is 3.20. The van der Waals surface area contributed by atoms with Gasteiger partial charge in [-0.25, -0.2) is 14.4 Å². The Balaban J connectivity index is 1.35. The first-order chi connectivity index (χ1) is 13.7. The maximum Gasteiger partial charge on any atom is 0.270 e. The van der Waals surface area contributed by atoms with Gasteiger partial charge in [-0.05, 0) is 41.5 Å². The van der Waals surface area contributed by atoms with Crippen LogP contribution in [0, 0.1) is 5.82 Å². The van der Waals surface area contributed by atoms with E-state index in [1.165, 1.54) is 24.4 Å². The summed E-state index contributed by atoms with van der Waals surface area (Å²) in [6, 6.07) is 13.1. The van der Waals surface area contributed by atoms with Crippen LogP contribution in [0.1, 0.15) is 21.6 Å². The maximum atomic E-state index is 12.9. The molecule has 3 aromatic rings. The van der Waals surface area contributed by atoms with Crippen molar-refractivity contribution in [3.63, 3.8) is 0 Å². The van der Waals surface area contributed by atoms with Crippen molar-refractivity contribution < 1.29 is 18.7 Å². The molecule has 2 heterocycles. The molecule has 0 spiro atoms. The molecule has 0 fully saturated rings. The average molecular weight is 380 g/mol. The van der Waals surface area contributed by atoms with Crippen LogP contribution < -0.4 is 20.1 Å². The Labute approximate surface area is 160 Å². The lowest BCUT2D eigenvalue weighted by molar-refractivity contribution is 0.0946. The van der Waals surface area contributed by atoms with Crippen LogP contribution in [0.2, 0.25) is 0 Å². The highest BCUT2D eigenvalue weighted by Crippen LogP contribution is 2.32. The zero-order valence-electron chi connectivity index (χ0n) is 14.8. The Kier molecular flexibility index (Phi) is 5.01. The normalized spacial score (nSPS) is 11.9. The highest BCUT2D eigenvalue weighted by molar-refractivity contribution is 5.92. The second kappa shape index (κ2) is 7.91. The molecule has 1 aliphatic rings. The van der Waals surface area contributed by atoms with Gasteiger partial charge < -0.3 is 20.1 Å². The first kappa shape index (κ1) is 17.7. The molecule has 0 saturated carbocycles. The molecule has 0 unspecified atom stereocenters. The Hall–Kier alpha value is -3.68. The molecule has 4 rings (SSSR count). The summed E-state index contributed by atoms with van der Waals surface area (Å²) in [5, 5.41) is 5.84. The van der Waals surface area contributed by atoms with Gasteiger partial charge >= 0.3 is 0 Å². The number of amides is 1. The number of fused-ring (bicyclic) bond motifs is 1. The molecule has 1 amide bonds. The number of aromatic nitrogens is 2. The quantitative estimate of drug-likeness (QED) is 0.684. The second-order valence-corrected chi connectivity index (χ2v) is 6.12. The number of carbonyl (C=O) groups is 1. The van der Waals surface area contributed by atoms with Crippen LogP contribution in [0.4, 0.5) is 10.3 Å². The summed E-state index contributed by atoms with van der Waals surface area (Å²) in [5.74, 6) is 1.11. The van der Waals surface area contributed by atoms with Gasteiger partial charge in [0.25, 0.3) is 5.91 Å². The van der Waals surface area contributed by atoms with Crippen LogP contribution in [-0.2, 0) is 13.1 Å². The molecular formula is C20H17FN4O3. The van der Waals surface area contributed by atoms with Gasteiger partial charge in [0, 0.05) is 19.3 Å². The predicted octanol–water partition coefficient (Wildman–Crippen LogP) is 2.89. The molecule has 0 bridgehead atoms. The monoisotopic (exact) mass is 380 g/mol. The van der Waals surface area contributed by atoms with Crippen molar-refractivity contribution in [3.8, 4) is 11.5 Å². The summed E-state index contributed by atoms with van der Waals surface area (Å²) >= 11 is 0. The van der Waals surface area contributed by atoms with Gasteiger partial charge in [0.2, 0.25) is 12.7 Å². The molecule has 1 aromatic heterocycles. The van der Waals surface area contributed by atoms with E-state index in [-0.39, 0.29) is 30.8 Å². The molecule has 28 heavy (non-hydrogen) atoms. The molecule has 8 heteroatoms. The smallest absolute Gasteiger partial charge is 0.270 e. The number of hydrogen-bond donors (Lipinski definition) is 2. The second-order valence-electron chi connectivity index (χ2n) is 6.12. The number of nitrogens with zero attached hydrogens (tertiary/aromatic N) is 2. The van der Waals surface area contributed by atoms with Gasteiger partial charge in [-0.1, -0.05) is 18.2 Å². The minimum atomic E-state index is -0.335. The summed E-state index contributed by atoms with van der Waals surface area (Å²) in [5.41, 5.74) is 2.01. The zero-order valence-corrected chi connectivity index (χ0v) is 14.8. The maximum absolute atomic E-state index is 12.9. The Morgan fingerprint density at radius 3 is 2.64 bits per heavy atom. The van der Waals surface area contributed by atoms with Gasteiger partial charge in [-0.3, -0.25) is 4.79 Å². The van der Waals surface area contributed by atoms with E-state index in [4.69, 9.17) is 9.47 Å². The lowest BCUT2D eigenvalue weighted by Crippen LogP contribution is -2.24. The molecule has 2 N–H and O–H groups in total. The number of hydrogen-bond acceptors (Lipinski definition) is 6. The molecule has 1 aliphatic heterocycles. The number of nitrogens with one attached hydrogen (secondary N) is 2. The van der Waals surface area contributed by atoms with E-state index in [0.29, 0.717) is 18.2 Å². The van der Waals surface area contributed by atoms with E-state index in [1.807, 2.05) is 18.2 Å². The number of carbonyl (C=O) groups excluding carboxylic acids is 1. The zero-order chi connectivity index (χ0) is 19.3. The van der Waals surface area contributed by atoms with Crippen molar-refractivity contribution in [2.75, 3.05) is 12.1 Å². The van der Waals surface area contributed by atoms with Crippen LogP contribution in [0.15, 0.2) is 54.7 Å².